The number of hydrogen-bond acceptors (Lipinski definition) is 6. The van der Waals surface area contributed by atoms with Crippen LogP contribution in [-0.2, 0) is 16.0 Å². The van der Waals surface area contributed by atoms with Crippen LogP contribution in [0.25, 0.3) is 6.08 Å². The van der Waals surface area contributed by atoms with Crippen LogP contribution in [0.2, 0.25) is 0 Å². The van der Waals surface area contributed by atoms with Crippen LogP contribution >= 0.6 is 0 Å². The van der Waals surface area contributed by atoms with Crippen LogP contribution < -0.4 is 18.9 Å². The summed E-state index contributed by atoms with van der Waals surface area (Å²) in [6.45, 7) is 0.612. The Bertz CT molecular complexity index is 902. The van der Waals surface area contributed by atoms with Crippen molar-refractivity contribution in [2.24, 2.45) is 5.92 Å². The molecule has 0 bridgehead atoms. The van der Waals surface area contributed by atoms with Crippen LogP contribution in [-0.4, -0.2) is 33.6 Å². The Kier molecular flexibility index (Phi) is 4.62. The van der Waals surface area contributed by atoms with Crippen molar-refractivity contribution in [1.82, 2.24) is 0 Å². The molecule has 1 fully saturated rings. The SMILES string of the molecule is COc1ccc(/C=C2\C(=O)OCC2Cc2ccc3c(c2)OCO3)cc1OC. The van der Waals surface area contributed by atoms with Crippen molar-refractivity contribution in [2.45, 2.75) is 6.42 Å². The lowest BCUT2D eigenvalue weighted by molar-refractivity contribution is -0.135. The van der Waals surface area contributed by atoms with Crippen LogP contribution in [0, 0.1) is 5.92 Å². The summed E-state index contributed by atoms with van der Waals surface area (Å²) in [5.41, 5.74) is 2.58. The predicted octanol–water partition coefficient (Wildman–Crippen LogP) is 3.23. The Hall–Kier alpha value is -3.15. The Balaban J connectivity index is 1.59. The molecule has 2 aromatic rings. The van der Waals surface area contributed by atoms with Gasteiger partial charge in [0.15, 0.2) is 23.0 Å². The first-order valence-electron chi connectivity index (χ1n) is 8.67. The van der Waals surface area contributed by atoms with E-state index in [-0.39, 0.29) is 18.7 Å². The zero-order valence-electron chi connectivity index (χ0n) is 15.2. The highest BCUT2D eigenvalue weighted by molar-refractivity contribution is 5.96. The van der Waals surface area contributed by atoms with E-state index >= 15 is 0 Å². The fourth-order valence-electron chi connectivity index (χ4n) is 3.34. The van der Waals surface area contributed by atoms with Crippen LogP contribution in [0.5, 0.6) is 23.0 Å². The number of benzene rings is 2. The van der Waals surface area contributed by atoms with E-state index in [4.69, 9.17) is 23.7 Å². The van der Waals surface area contributed by atoms with Gasteiger partial charge in [-0.05, 0) is 47.9 Å². The van der Waals surface area contributed by atoms with E-state index in [1.54, 1.807) is 14.2 Å². The van der Waals surface area contributed by atoms with E-state index in [0.29, 0.717) is 30.1 Å². The van der Waals surface area contributed by atoms with Gasteiger partial charge in [0.1, 0.15) is 0 Å². The summed E-state index contributed by atoms with van der Waals surface area (Å²) in [5, 5.41) is 0. The number of ether oxygens (including phenoxy) is 5. The standard InChI is InChI=1S/C21H20O6/c1-23-17-5-3-14(9-19(17)24-2)8-16-15(11-25-21(16)22)7-13-4-6-18-20(10-13)27-12-26-18/h3-6,8-10,15H,7,11-12H2,1-2H3/b16-8-. The first kappa shape index (κ1) is 17.3. The minimum Gasteiger partial charge on any atom is -0.493 e. The Morgan fingerprint density at radius 1 is 1.00 bits per heavy atom. The maximum atomic E-state index is 12.3. The number of hydrogen-bond donors (Lipinski definition) is 0. The third-order valence-electron chi connectivity index (χ3n) is 4.74. The molecule has 27 heavy (non-hydrogen) atoms. The zero-order valence-corrected chi connectivity index (χ0v) is 15.2. The topological polar surface area (TPSA) is 63.2 Å². The number of esters is 1. The second-order valence-electron chi connectivity index (χ2n) is 6.40. The van der Waals surface area contributed by atoms with Crippen molar-refractivity contribution in [3.05, 3.63) is 53.1 Å². The van der Waals surface area contributed by atoms with Crippen LogP contribution in [0.15, 0.2) is 42.0 Å². The van der Waals surface area contributed by atoms with Gasteiger partial charge in [-0.15, -0.1) is 0 Å². The molecule has 6 nitrogen and oxygen atoms in total. The number of rotatable bonds is 5. The molecule has 0 aromatic heterocycles. The number of methoxy groups -OCH3 is 2. The quantitative estimate of drug-likeness (QED) is 0.596. The van der Waals surface area contributed by atoms with Crippen LogP contribution in [0.4, 0.5) is 0 Å². The average Bonchev–Trinajstić information content (AvgIpc) is 3.29. The first-order chi connectivity index (χ1) is 13.2. The maximum Gasteiger partial charge on any atom is 0.334 e. The maximum absolute atomic E-state index is 12.3. The molecule has 0 N–H and O–H groups in total. The largest absolute Gasteiger partial charge is 0.493 e. The van der Waals surface area contributed by atoms with E-state index in [1.807, 2.05) is 42.5 Å². The number of cyclic esters (lactones) is 1. The first-order valence-corrected chi connectivity index (χ1v) is 8.67. The lowest BCUT2D eigenvalue weighted by Gasteiger charge is -2.11. The summed E-state index contributed by atoms with van der Waals surface area (Å²) < 4.78 is 26.7. The molecule has 140 valence electrons. The molecule has 1 saturated heterocycles. The molecule has 1 unspecified atom stereocenters. The summed E-state index contributed by atoms with van der Waals surface area (Å²) in [7, 11) is 3.17. The Morgan fingerprint density at radius 3 is 2.63 bits per heavy atom. The minimum absolute atomic E-state index is 0.0223. The fraction of sp³-hybridized carbons (Fsp3) is 0.286. The van der Waals surface area contributed by atoms with Gasteiger partial charge in [-0.2, -0.15) is 0 Å². The van der Waals surface area contributed by atoms with E-state index in [0.717, 1.165) is 22.6 Å². The highest BCUT2D eigenvalue weighted by atomic mass is 16.7. The Morgan fingerprint density at radius 2 is 1.81 bits per heavy atom. The van der Waals surface area contributed by atoms with Crippen molar-refractivity contribution in [1.29, 1.82) is 0 Å². The minimum atomic E-state index is -0.282. The molecule has 2 aliphatic rings. The zero-order chi connectivity index (χ0) is 18.8. The third-order valence-corrected chi connectivity index (χ3v) is 4.74. The molecule has 0 radical (unpaired) electrons. The smallest absolute Gasteiger partial charge is 0.334 e. The highest BCUT2D eigenvalue weighted by Crippen LogP contribution is 2.35. The molecule has 1 atom stereocenters. The van der Waals surface area contributed by atoms with Gasteiger partial charge in [0.25, 0.3) is 0 Å². The number of fused-ring (bicyclic) bond motifs is 1. The van der Waals surface area contributed by atoms with Gasteiger partial charge in [-0.1, -0.05) is 12.1 Å². The molecule has 2 aliphatic heterocycles. The summed E-state index contributed by atoms with van der Waals surface area (Å²) in [5.74, 6) is 2.44. The lowest BCUT2D eigenvalue weighted by atomic mass is 9.92. The molecule has 6 heteroatoms. The molecule has 2 heterocycles. The number of carbonyl (C=O) groups is 1. The fourth-order valence-corrected chi connectivity index (χ4v) is 3.34. The van der Waals surface area contributed by atoms with Crippen molar-refractivity contribution in [2.75, 3.05) is 27.6 Å². The molecule has 0 spiro atoms. The van der Waals surface area contributed by atoms with Gasteiger partial charge >= 0.3 is 5.97 Å². The Labute approximate surface area is 157 Å². The predicted molar refractivity (Wildman–Crippen MR) is 98.2 cm³/mol. The van der Waals surface area contributed by atoms with Gasteiger partial charge in [0, 0.05) is 11.5 Å². The molecule has 0 amide bonds. The van der Waals surface area contributed by atoms with Gasteiger partial charge in [-0.25, -0.2) is 4.79 Å². The third kappa shape index (κ3) is 3.43. The summed E-state index contributed by atoms with van der Waals surface area (Å²) >= 11 is 0. The second-order valence-corrected chi connectivity index (χ2v) is 6.40. The molecule has 4 rings (SSSR count). The van der Waals surface area contributed by atoms with E-state index in [1.165, 1.54) is 0 Å². The van der Waals surface area contributed by atoms with Gasteiger partial charge in [0.2, 0.25) is 6.79 Å². The van der Waals surface area contributed by atoms with E-state index in [2.05, 4.69) is 0 Å². The molecule has 0 saturated carbocycles. The van der Waals surface area contributed by atoms with E-state index in [9.17, 15) is 4.79 Å². The van der Waals surface area contributed by atoms with E-state index < -0.39 is 0 Å². The van der Waals surface area contributed by atoms with Crippen LogP contribution in [0.1, 0.15) is 11.1 Å². The van der Waals surface area contributed by atoms with Crippen molar-refractivity contribution in [3.8, 4) is 23.0 Å². The summed E-state index contributed by atoms with van der Waals surface area (Å²) in [6.07, 6.45) is 2.54. The number of carbonyl (C=O) groups excluding carboxylic acids is 1. The van der Waals surface area contributed by atoms with Crippen molar-refractivity contribution in [3.63, 3.8) is 0 Å². The van der Waals surface area contributed by atoms with Crippen molar-refractivity contribution < 1.29 is 28.5 Å². The molecular formula is C21H20O6. The monoisotopic (exact) mass is 368 g/mol. The molecule has 0 aliphatic carbocycles. The average molecular weight is 368 g/mol. The lowest BCUT2D eigenvalue weighted by Crippen LogP contribution is -2.07. The molecule has 2 aromatic carbocycles. The molecular weight excluding hydrogens is 348 g/mol. The van der Waals surface area contributed by atoms with Crippen molar-refractivity contribution >= 4 is 12.0 Å². The normalized spacial score (nSPS) is 19.3. The van der Waals surface area contributed by atoms with Gasteiger partial charge in [0.05, 0.1) is 20.8 Å². The van der Waals surface area contributed by atoms with Gasteiger partial charge in [-0.3, -0.25) is 0 Å². The highest BCUT2D eigenvalue weighted by Gasteiger charge is 2.31. The van der Waals surface area contributed by atoms with Crippen LogP contribution in [0.3, 0.4) is 0 Å². The summed E-state index contributed by atoms with van der Waals surface area (Å²) in [4.78, 5) is 12.3. The second kappa shape index (κ2) is 7.23. The van der Waals surface area contributed by atoms with Gasteiger partial charge < -0.3 is 23.7 Å². The summed E-state index contributed by atoms with van der Waals surface area (Å²) in [6, 6.07) is 11.4.